The molecule has 2 aliphatic rings. The van der Waals surface area contributed by atoms with Crippen LogP contribution >= 0.6 is 11.8 Å². The first-order valence-electron chi connectivity index (χ1n) is 8.25. The molecule has 0 bridgehead atoms. The highest BCUT2D eigenvalue weighted by Crippen LogP contribution is 2.36. The van der Waals surface area contributed by atoms with Gasteiger partial charge in [0.2, 0.25) is 11.8 Å². The summed E-state index contributed by atoms with van der Waals surface area (Å²) in [7, 11) is 0. The van der Waals surface area contributed by atoms with Crippen LogP contribution < -0.4 is 10.2 Å². The fourth-order valence-corrected chi connectivity index (χ4v) is 4.42. The Balaban J connectivity index is 1.74. The topological polar surface area (TPSA) is 62.3 Å². The maximum Gasteiger partial charge on any atom is 0.240 e. The van der Waals surface area contributed by atoms with Crippen molar-refractivity contribution >= 4 is 29.3 Å². The highest BCUT2D eigenvalue weighted by molar-refractivity contribution is 8.00. The molecule has 0 spiro atoms. The summed E-state index contributed by atoms with van der Waals surface area (Å²) in [6.45, 7) is 4.01. The number of thioether (sulfide) groups is 1. The molecule has 0 aromatic carbocycles. The molecule has 0 radical (unpaired) electrons. The van der Waals surface area contributed by atoms with Crippen molar-refractivity contribution in [2.24, 2.45) is 0 Å². The Bertz CT molecular complexity index is 627. The van der Waals surface area contributed by atoms with Crippen LogP contribution in [0.1, 0.15) is 43.4 Å². The Morgan fingerprint density at radius 1 is 1.35 bits per heavy atom. The van der Waals surface area contributed by atoms with Crippen LogP contribution in [0.15, 0.2) is 11.1 Å². The van der Waals surface area contributed by atoms with Crippen LogP contribution in [-0.4, -0.2) is 35.1 Å². The molecule has 3 rings (SSSR count). The average Bonchev–Trinajstić information content (AvgIpc) is 2.51. The molecule has 6 heteroatoms. The highest BCUT2D eigenvalue weighted by atomic mass is 32.2. The monoisotopic (exact) mass is 333 g/mol. The minimum absolute atomic E-state index is 0.0185. The number of aromatic nitrogens is 1. The largest absolute Gasteiger partial charge is 0.352 e. The van der Waals surface area contributed by atoms with E-state index in [1.165, 1.54) is 31.0 Å². The normalized spacial score (nSPS) is 18.7. The van der Waals surface area contributed by atoms with E-state index >= 15 is 0 Å². The molecule has 1 aromatic rings. The van der Waals surface area contributed by atoms with E-state index in [-0.39, 0.29) is 24.4 Å². The van der Waals surface area contributed by atoms with Gasteiger partial charge in [-0.2, -0.15) is 0 Å². The second-order valence-corrected chi connectivity index (χ2v) is 7.37. The summed E-state index contributed by atoms with van der Waals surface area (Å²) in [4.78, 5) is 30.8. The maximum atomic E-state index is 12.4. The van der Waals surface area contributed by atoms with Gasteiger partial charge in [-0.25, -0.2) is 4.98 Å². The third-order valence-electron chi connectivity index (χ3n) is 4.45. The summed E-state index contributed by atoms with van der Waals surface area (Å²) < 4.78 is 0. The van der Waals surface area contributed by atoms with Crippen molar-refractivity contribution in [2.45, 2.75) is 57.0 Å². The van der Waals surface area contributed by atoms with Crippen molar-refractivity contribution in [2.75, 3.05) is 17.2 Å². The molecule has 0 saturated heterocycles. The van der Waals surface area contributed by atoms with Crippen LogP contribution in [-0.2, 0) is 9.59 Å². The number of nitrogens with one attached hydrogen (secondary N) is 1. The molecule has 1 saturated carbocycles. The fourth-order valence-electron chi connectivity index (χ4n) is 3.39. The first-order chi connectivity index (χ1) is 11.0. The van der Waals surface area contributed by atoms with E-state index in [2.05, 4.69) is 10.3 Å². The molecule has 1 aliphatic carbocycles. The predicted molar refractivity (Wildman–Crippen MR) is 91.8 cm³/mol. The SMILES string of the molecule is Cc1cc(C)c2c(n1)SCC(=O)N2CC(=O)NC1CCCCC1. The zero-order chi connectivity index (χ0) is 16.4. The summed E-state index contributed by atoms with van der Waals surface area (Å²) in [5.41, 5.74) is 2.74. The van der Waals surface area contributed by atoms with Crippen molar-refractivity contribution in [3.05, 3.63) is 17.3 Å². The van der Waals surface area contributed by atoms with E-state index in [1.54, 1.807) is 4.90 Å². The molecule has 1 N–H and O–H groups in total. The number of hydrogen-bond donors (Lipinski definition) is 1. The van der Waals surface area contributed by atoms with Gasteiger partial charge < -0.3 is 5.32 Å². The zero-order valence-corrected chi connectivity index (χ0v) is 14.5. The van der Waals surface area contributed by atoms with E-state index in [1.807, 2.05) is 19.9 Å². The smallest absolute Gasteiger partial charge is 0.240 e. The van der Waals surface area contributed by atoms with E-state index in [9.17, 15) is 9.59 Å². The van der Waals surface area contributed by atoms with Crippen molar-refractivity contribution in [3.8, 4) is 0 Å². The second-order valence-electron chi connectivity index (χ2n) is 6.41. The highest BCUT2D eigenvalue weighted by Gasteiger charge is 2.29. The number of fused-ring (bicyclic) bond motifs is 1. The van der Waals surface area contributed by atoms with Crippen LogP contribution in [0.3, 0.4) is 0 Å². The summed E-state index contributed by atoms with van der Waals surface area (Å²) >= 11 is 1.46. The van der Waals surface area contributed by atoms with E-state index < -0.39 is 0 Å². The molecule has 5 nitrogen and oxygen atoms in total. The fraction of sp³-hybridized carbons (Fsp3) is 0.588. The van der Waals surface area contributed by atoms with Crippen molar-refractivity contribution in [3.63, 3.8) is 0 Å². The molecule has 1 fully saturated rings. The first-order valence-corrected chi connectivity index (χ1v) is 9.24. The third kappa shape index (κ3) is 3.68. The lowest BCUT2D eigenvalue weighted by Gasteiger charge is -2.30. The van der Waals surface area contributed by atoms with Gasteiger partial charge >= 0.3 is 0 Å². The lowest BCUT2D eigenvalue weighted by atomic mass is 9.95. The van der Waals surface area contributed by atoms with E-state index in [0.717, 1.165) is 34.8 Å². The molecular weight excluding hydrogens is 310 g/mol. The quantitative estimate of drug-likeness (QED) is 0.923. The van der Waals surface area contributed by atoms with Crippen molar-refractivity contribution < 1.29 is 9.59 Å². The number of carbonyl (C=O) groups excluding carboxylic acids is 2. The predicted octanol–water partition coefficient (Wildman–Crippen LogP) is 2.59. The Morgan fingerprint density at radius 2 is 2.09 bits per heavy atom. The molecule has 2 amide bonds. The standard InChI is InChI=1S/C17H23N3O2S/c1-11-8-12(2)18-17-16(11)20(15(22)10-23-17)9-14(21)19-13-6-4-3-5-7-13/h8,13H,3-7,9-10H2,1-2H3,(H,19,21). The molecule has 0 atom stereocenters. The van der Waals surface area contributed by atoms with Crippen molar-refractivity contribution in [1.82, 2.24) is 10.3 Å². The van der Waals surface area contributed by atoms with Crippen LogP contribution in [0.2, 0.25) is 0 Å². The summed E-state index contributed by atoms with van der Waals surface area (Å²) in [5.74, 6) is 0.262. The van der Waals surface area contributed by atoms with Gasteiger partial charge in [-0.05, 0) is 38.3 Å². The average molecular weight is 333 g/mol. The number of aryl methyl sites for hydroxylation is 2. The van der Waals surface area contributed by atoms with Crippen molar-refractivity contribution in [1.29, 1.82) is 0 Å². The molecule has 23 heavy (non-hydrogen) atoms. The number of pyridine rings is 1. The van der Waals surface area contributed by atoms with Crippen LogP contribution in [0.25, 0.3) is 0 Å². The molecule has 1 aromatic heterocycles. The van der Waals surface area contributed by atoms with Gasteiger partial charge in [0.1, 0.15) is 11.6 Å². The molecule has 2 heterocycles. The number of anilines is 1. The Labute approximate surface area is 141 Å². The van der Waals surface area contributed by atoms with Gasteiger partial charge in [0.05, 0.1) is 11.4 Å². The lowest BCUT2D eigenvalue weighted by molar-refractivity contribution is -0.123. The minimum Gasteiger partial charge on any atom is -0.352 e. The molecule has 124 valence electrons. The second kappa shape index (κ2) is 6.91. The van der Waals surface area contributed by atoms with Crippen LogP contribution in [0, 0.1) is 13.8 Å². The van der Waals surface area contributed by atoms with Gasteiger partial charge in [0.15, 0.2) is 0 Å². The van der Waals surface area contributed by atoms with Crippen LogP contribution in [0.4, 0.5) is 5.69 Å². The third-order valence-corrected chi connectivity index (χ3v) is 5.40. The minimum atomic E-state index is -0.0666. The van der Waals surface area contributed by atoms with Gasteiger partial charge in [-0.1, -0.05) is 31.0 Å². The molecule has 1 aliphatic heterocycles. The summed E-state index contributed by atoms with van der Waals surface area (Å²) in [6.07, 6.45) is 5.70. The summed E-state index contributed by atoms with van der Waals surface area (Å²) in [5, 5.41) is 3.94. The Morgan fingerprint density at radius 3 is 2.83 bits per heavy atom. The number of hydrogen-bond acceptors (Lipinski definition) is 4. The van der Waals surface area contributed by atoms with Gasteiger partial charge in [-0.3, -0.25) is 14.5 Å². The zero-order valence-electron chi connectivity index (χ0n) is 13.7. The Hall–Kier alpha value is -1.56. The van der Waals surface area contributed by atoms with E-state index in [0.29, 0.717) is 5.75 Å². The lowest BCUT2D eigenvalue weighted by Crippen LogP contribution is -2.46. The number of rotatable bonds is 3. The summed E-state index contributed by atoms with van der Waals surface area (Å²) in [6, 6.07) is 2.23. The van der Waals surface area contributed by atoms with Gasteiger partial charge in [0.25, 0.3) is 0 Å². The molecule has 0 unspecified atom stereocenters. The molecular formula is C17H23N3O2S. The van der Waals surface area contributed by atoms with Gasteiger partial charge in [0, 0.05) is 11.7 Å². The maximum absolute atomic E-state index is 12.4. The number of carbonyl (C=O) groups is 2. The first kappa shape index (κ1) is 16.3. The van der Waals surface area contributed by atoms with E-state index in [4.69, 9.17) is 0 Å². The van der Waals surface area contributed by atoms with Gasteiger partial charge in [-0.15, -0.1) is 0 Å². The van der Waals surface area contributed by atoms with Crippen LogP contribution in [0.5, 0.6) is 0 Å². The number of nitrogens with zero attached hydrogens (tertiary/aromatic N) is 2. The number of amides is 2. The Kier molecular flexibility index (Phi) is 4.90.